The van der Waals surface area contributed by atoms with Gasteiger partial charge in [0.05, 0.1) is 0 Å². The molecule has 2 fully saturated rings. The number of fused-ring (bicyclic) bond motifs is 1. The Bertz CT molecular complexity index is 216. The summed E-state index contributed by atoms with van der Waals surface area (Å²) in [6.45, 7) is 22.9. The van der Waals surface area contributed by atoms with Gasteiger partial charge in [-0.05, 0) is 72.4 Å². The van der Waals surface area contributed by atoms with E-state index in [1.54, 1.807) is 0 Å². The molecular formula is C22H54N4. The van der Waals surface area contributed by atoms with E-state index in [1.165, 1.54) is 71.4 Å². The molecule has 2 N–H and O–H groups in total. The lowest BCUT2D eigenvalue weighted by molar-refractivity contribution is 0.124. The molecule has 2 saturated heterocycles. The molecule has 0 saturated carbocycles. The van der Waals surface area contributed by atoms with Gasteiger partial charge in [0.1, 0.15) is 0 Å². The van der Waals surface area contributed by atoms with Crippen LogP contribution >= 0.6 is 0 Å². The summed E-state index contributed by atoms with van der Waals surface area (Å²) in [5, 5.41) is 6.50. The van der Waals surface area contributed by atoms with Crippen molar-refractivity contribution in [3.8, 4) is 0 Å². The molecule has 26 heavy (non-hydrogen) atoms. The highest BCUT2D eigenvalue weighted by atomic mass is 15.3. The van der Waals surface area contributed by atoms with Crippen LogP contribution in [0.25, 0.3) is 0 Å². The topological polar surface area (TPSA) is 30.5 Å². The normalized spacial score (nSPS) is 18.6. The minimum absolute atomic E-state index is 0.902. The van der Waals surface area contributed by atoms with Gasteiger partial charge in [0.2, 0.25) is 0 Å². The minimum Gasteiger partial charge on any atom is -0.320 e. The average molecular weight is 375 g/mol. The number of nitrogens with one attached hydrogen (secondary N) is 2. The lowest BCUT2D eigenvalue weighted by atomic mass is 10.2. The Balaban J connectivity index is -0.000000316. The lowest BCUT2D eigenvalue weighted by Crippen LogP contribution is -2.48. The second-order valence-electron chi connectivity index (χ2n) is 6.15. The zero-order chi connectivity index (χ0) is 20.6. The van der Waals surface area contributed by atoms with Crippen molar-refractivity contribution in [2.24, 2.45) is 0 Å². The molecule has 4 heteroatoms. The largest absolute Gasteiger partial charge is 0.320 e. The summed E-state index contributed by atoms with van der Waals surface area (Å²) in [6, 6.07) is 0.902. The van der Waals surface area contributed by atoms with E-state index in [0.717, 1.165) is 12.6 Å². The third kappa shape index (κ3) is 18.6. The highest BCUT2D eigenvalue weighted by molar-refractivity contribution is 4.85. The third-order valence-corrected chi connectivity index (χ3v) is 4.25. The van der Waals surface area contributed by atoms with Crippen molar-refractivity contribution in [2.75, 3.05) is 59.9 Å². The molecule has 0 spiro atoms. The fraction of sp³-hybridized carbons (Fsp3) is 1.00. The number of unbranched alkanes of at least 4 members (excludes halogenated alkanes) is 1. The molecule has 0 aromatic heterocycles. The molecule has 2 heterocycles. The van der Waals surface area contributed by atoms with Gasteiger partial charge < -0.3 is 15.5 Å². The zero-order valence-corrected chi connectivity index (χ0v) is 20.0. The van der Waals surface area contributed by atoms with Gasteiger partial charge in [0, 0.05) is 25.7 Å². The lowest BCUT2D eigenvalue weighted by Gasteiger charge is -2.35. The Kier molecular flexibility index (Phi) is 31.8. The monoisotopic (exact) mass is 374 g/mol. The van der Waals surface area contributed by atoms with Gasteiger partial charge >= 0.3 is 0 Å². The molecule has 1 atom stereocenters. The number of hydrogen-bond donors (Lipinski definition) is 2. The van der Waals surface area contributed by atoms with Crippen LogP contribution in [-0.4, -0.2) is 75.8 Å². The zero-order valence-electron chi connectivity index (χ0n) is 20.0. The maximum absolute atomic E-state index is 3.37. The van der Waals surface area contributed by atoms with Gasteiger partial charge in [-0.1, -0.05) is 48.5 Å². The Morgan fingerprint density at radius 3 is 2.04 bits per heavy atom. The van der Waals surface area contributed by atoms with Gasteiger partial charge in [-0.25, -0.2) is 0 Å². The quantitative estimate of drug-likeness (QED) is 0.644. The molecule has 0 aromatic carbocycles. The number of rotatable bonds is 7. The average Bonchev–Trinajstić information content (AvgIpc) is 3.17. The SMILES string of the molecule is CC.CC.CC.CCCNCCCCNC.CN1CCN2CCCC2C1. The van der Waals surface area contributed by atoms with E-state index < -0.39 is 0 Å². The second-order valence-corrected chi connectivity index (χ2v) is 6.15. The van der Waals surface area contributed by atoms with Crippen molar-refractivity contribution < 1.29 is 0 Å². The van der Waals surface area contributed by atoms with E-state index in [4.69, 9.17) is 0 Å². The van der Waals surface area contributed by atoms with Crippen LogP contribution in [0.1, 0.15) is 80.6 Å². The number of nitrogens with zero attached hydrogens (tertiary/aromatic N) is 2. The molecule has 0 aliphatic carbocycles. The first-order chi connectivity index (χ1) is 12.8. The maximum atomic E-state index is 3.37. The van der Waals surface area contributed by atoms with Crippen molar-refractivity contribution in [2.45, 2.75) is 86.6 Å². The maximum Gasteiger partial charge on any atom is 0.0224 e. The second kappa shape index (κ2) is 27.1. The molecule has 162 valence electrons. The van der Waals surface area contributed by atoms with Gasteiger partial charge in [-0.15, -0.1) is 0 Å². The highest BCUT2D eigenvalue weighted by Crippen LogP contribution is 2.20. The molecule has 0 radical (unpaired) electrons. The number of piperazine rings is 1. The first-order valence-electron chi connectivity index (χ1n) is 11.6. The van der Waals surface area contributed by atoms with Crippen LogP contribution in [0.3, 0.4) is 0 Å². The van der Waals surface area contributed by atoms with E-state index in [1.807, 2.05) is 48.6 Å². The van der Waals surface area contributed by atoms with Gasteiger partial charge in [0.25, 0.3) is 0 Å². The molecule has 0 amide bonds. The van der Waals surface area contributed by atoms with E-state index in [-0.39, 0.29) is 0 Å². The van der Waals surface area contributed by atoms with Crippen LogP contribution in [0.4, 0.5) is 0 Å². The summed E-state index contributed by atoms with van der Waals surface area (Å²) in [5.74, 6) is 0. The number of hydrogen-bond acceptors (Lipinski definition) is 4. The molecule has 0 aromatic rings. The highest BCUT2D eigenvalue weighted by Gasteiger charge is 2.28. The van der Waals surface area contributed by atoms with E-state index in [2.05, 4.69) is 34.4 Å². The Labute approximate surface area is 167 Å². The summed E-state index contributed by atoms with van der Waals surface area (Å²) >= 11 is 0. The Morgan fingerprint density at radius 1 is 0.846 bits per heavy atom. The summed E-state index contributed by atoms with van der Waals surface area (Å²) < 4.78 is 0. The number of likely N-dealkylation sites (N-methyl/N-ethyl adjacent to an activating group) is 1. The molecule has 2 aliphatic heterocycles. The van der Waals surface area contributed by atoms with Crippen LogP contribution in [-0.2, 0) is 0 Å². The molecule has 4 nitrogen and oxygen atoms in total. The molecule has 2 aliphatic rings. The first-order valence-corrected chi connectivity index (χ1v) is 11.6. The predicted octanol–water partition coefficient (Wildman–Crippen LogP) is 4.46. The minimum atomic E-state index is 0.902. The van der Waals surface area contributed by atoms with Crippen molar-refractivity contribution in [3.63, 3.8) is 0 Å². The fourth-order valence-electron chi connectivity index (χ4n) is 3.00. The van der Waals surface area contributed by atoms with Crippen molar-refractivity contribution in [1.82, 2.24) is 20.4 Å². The predicted molar refractivity (Wildman–Crippen MR) is 122 cm³/mol. The summed E-state index contributed by atoms with van der Waals surface area (Å²) in [4.78, 5) is 5.09. The standard InChI is InChI=1S/C8H16N2.C8H20N2.3C2H6/c1-9-5-6-10-4-2-3-8(10)7-9;1-3-6-10-8-5-4-7-9-2;3*1-2/h8H,2-7H2,1H3;9-10H,3-8H2,1-2H3;3*1-2H3. The van der Waals surface area contributed by atoms with Crippen LogP contribution < -0.4 is 10.6 Å². The van der Waals surface area contributed by atoms with Gasteiger partial charge in [-0.3, -0.25) is 4.90 Å². The smallest absolute Gasteiger partial charge is 0.0224 e. The summed E-state index contributed by atoms with van der Waals surface area (Å²) in [6.07, 6.45) is 6.68. The van der Waals surface area contributed by atoms with Gasteiger partial charge in [-0.2, -0.15) is 0 Å². The molecule has 2 rings (SSSR count). The van der Waals surface area contributed by atoms with E-state index >= 15 is 0 Å². The van der Waals surface area contributed by atoms with E-state index in [9.17, 15) is 0 Å². The van der Waals surface area contributed by atoms with Gasteiger partial charge in [0.15, 0.2) is 0 Å². The summed E-state index contributed by atoms with van der Waals surface area (Å²) in [7, 11) is 4.23. The van der Waals surface area contributed by atoms with Crippen molar-refractivity contribution in [1.29, 1.82) is 0 Å². The van der Waals surface area contributed by atoms with Crippen LogP contribution in [0.5, 0.6) is 0 Å². The van der Waals surface area contributed by atoms with E-state index in [0.29, 0.717) is 0 Å². The molecular weight excluding hydrogens is 320 g/mol. The summed E-state index contributed by atoms with van der Waals surface area (Å²) in [5.41, 5.74) is 0. The fourth-order valence-corrected chi connectivity index (χ4v) is 3.00. The van der Waals surface area contributed by atoms with Crippen molar-refractivity contribution >= 4 is 0 Å². The molecule has 1 unspecified atom stereocenters. The van der Waals surface area contributed by atoms with Crippen molar-refractivity contribution in [3.05, 3.63) is 0 Å². The van der Waals surface area contributed by atoms with Crippen LogP contribution in [0, 0.1) is 0 Å². The first kappa shape index (κ1) is 30.6. The van der Waals surface area contributed by atoms with Crippen LogP contribution in [0.15, 0.2) is 0 Å². The molecule has 0 bridgehead atoms. The Morgan fingerprint density at radius 2 is 1.46 bits per heavy atom. The Hall–Kier alpha value is -0.160. The third-order valence-electron chi connectivity index (χ3n) is 4.25. The van der Waals surface area contributed by atoms with Crippen LogP contribution in [0.2, 0.25) is 0 Å².